The second-order valence-corrected chi connectivity index (χ2v) is 5.98. The van der Waals surface area contributed by atoms with Gasteiger partial charge in [-0.25, -0.2) is 18.0 Å². The minimum Gasteiger partial charge on any atom is -0.452 e. The Bertz CT molecular complexity index is 833. The van der Waals surface area contributed by atoms with Crippen molar-refractivity contribution in [1.29, 1.82) is 0 Å². The van der Waals surface area contributed by atoms with Gasteiger partial charge in [-0.1, -0.05) is 11.6 Å². The molecule has 2 aromatic carbocycles. The fraction of sp³-hybridized carbons (Fsp3) is 0.125. The van der Waals surface area contributed by atoms with Crippen molar-refractivity contribution in [2.45, 2.75) is 4.90 Å². The van der Waals surface area contributed by atoms with E-state index in [9.17, 15) is 22.8 Å². The summed E-state index contributed by atoms with van der Waals surface area (Å²) in [5.41, 5.74) is -0.498. The highest BCUT2D eigenvalue weighted by Gasteiger charge is 2.17. The Hall–Kier alpha value is -2.19. The van der Waals surface area contributed by atoms with E-state index in [2.05, 4.69) is 0 Å². The number of carbonyl (C=O) groups excluding carboxylic acids is 2. The number of hydrogen-bond acceptors (Lipinski definition) is 4. The van der Waals surface area contributed by atoms with E-state index in [0.29, 0.717) is 6.07 Å². The zero-order valence-corrected chi connectivity index (χ0v) is 14.3. The lowest BCUT2D eigenvalue weighted by Gasteiger charge is -2.09. The zero-order valence-electron chi connectivity index (χ0n) is 12.7. The van der Waals surface area contributed by atoms with Crippen molar-refractivity contribution in [2.75, 3.05) is 18.2 Å². The van der Waals surface area contributed by atoms with Crippen LogP contribution in [0.5, 0.6) is 0 Å². The SMILES string of the molecule is CSc1ccc(Cl)c(C(=O)OCC(=O)Nc2ccc(F)c(F)c2F)c1. The van der Waals surface area contributed by atoms with Crippen molar-refractivity contribution in [3.63, 3.8) is 0 Å². The van der Waals surface area contributed by atoms with Gasteiger partial charge in [0.1, 0.15) is 0 Å². The van der Waals surface area contributed by atoms with E-state index in [0.717, 1.165) is 11.0 Å². The molecule has 0 unspecified atom stereocenters. The van der Waals surface area contributed by atoms with Crippen LogP contribution in [0.1, 0.15) is 10.4 Å². The molecule has 0 fully saturated rings. The average Bonchev–Trinajstić information content (AvgIpc) is 2.60. The number of hydrogen-bond donors (Lipinski definition) is 1. The van der Waals surface area contributed by atoms with Crippen LogP contribution in [0.3, 0.4) is 0 Å². The lowest BCUT2D eigenvalue weighted by atomic mass is 10.2. The number of rotatable bonds is 5. The minimum atomic E-state index is -1.71. The Morgan fingerprint density at radius 3 is 2.56 bits per heavy atom. The molecule has 25 heavy (non-hydrogen) atoms. The summed E-state index contributed by atoms with van der Waals surface area (Å²) in [7, 11) is 0. The summed E-state index contributed by atoms with van der Waals surface area (Å²) in [6, 6.07) is 6.24. The fourth-order valence-corrected chi connectivity index (χ4v) is 2.44. The van der Waals surface area contributed by atoms with E-state index >= 15 is 0 Å². The molecule has 1 amide bonds. The van der Waals surface area contributed by atoms with E-state index in [1.54, 1.807) is 6.07 Å². The fourth-order valence-electron chi connectivity index (χ4n) is 1.81. The Morgan fingerprint density at radius 1 is 1.16 bits per heavy atom. The number of ether oxygens (including phenoxy) is 1. The summed E-state index contributed by atoms with van der Waals surface area (Å²) in [6.45, 7) is -0.753. The molecule has 0 aliphatic heterocycles. The molecule has 0 aliphatic rings. The summed E-state index contributed by atoms with van der Waals surface area (Å²) in [4.78, 5) is 24.4. The van der Waals surface area contributed by atoms with Gasteiger partial charge in [0.05, 0.1) is 16.3 Å². The van der Waals surface area contributed by atoms with Crippen LogP contribution < -0.4 is 5.32 Å². The highest BCUT2D eigenvalue weighted by Crippen LogP contribution is 2.24. The van der Waals surface area contributed by atoms with Gasteiger partial charge in [0.15, 0.2) is 24.1 Å². The van der Waals surface area contributed by atoms with E-state index in [1.165, 1.54) is 23.9 Å². The maximum absolute atomic E-state index is 13.5. The van der Waals surface area contributed by atoms with Crippen molar-refractivity contribution in [1.82, 2.24) is 0 Å². The Balaban J connectivity index is 2.01. The maximum Gasteiger partial charge on any atom is 0.340 e. The predicted octanol–water partition coefficient (Wildman–Crippen LogP) is 4.27. The predicted molar refractivity (Wildman–Crippen MR) is 88.5 cm³/mol. The van der Waals surface area contributed by atoms with Gasteiger partial charge in [-0.05, 0) is 36.6 Å². The highest BCUT2D eigenvalue weighted by molar-refractivity contribution is 7.98. The maximum atomic E-state index is 13.5. The van der Waals surface area contributed by atoms with Crippen LogP contribution in [0.25, 0.3) is 0 Å². The molecule has 2 rings (SSSR count). The molecule has 0 aromatic heterocycles. The van der Waals surface area contributed by atoms with Crippen molar-refractivity contribution in [2.24, 2.45) is 0 Å². The largest absolute Gasteiger partial charge is 0.452 e. The summed E-state index contributed by atoms with van der Waals surface area (Å²) in [5.74, 6) is -6.41. The molecular formula is C16H11ClF3NO3S. The molecule has 4 nitrogen and oxygen atoms in total. The van der Waals surface area contributed by atoms with Crippen molar-refractivity contribution < 1.29 is 27.5 Å². The number of thioether (sulfide) groups is 1. The van der Waals surface area contributed by atoms with E-state index in [4.69, 9.17) is 16.3 Å². The van der Waals surface area contributed by atoms with Crippen LogP contribution in [0.2, 0.25) is 5.02 Å². The zero-order chi connectivity index (χ0) is 18.6. The number of esters is 1. The molecule has 0 spiro atoms. The van der Waals surface area contributed by atoms with Gasteiger partial charge >= 0.3 is 5.97 Å². The number of amides is 1. The Kier molecular flexibility index (Phi) is 6.33. The standard InChI is InChI=1S/C16H11ClF3NO3S/c1-25-8-2-3-10(17)9(6-8)16(23)24-7-13(22)21-12-5-4-11(18)14(19)15(12)20/h2-6H,7H2,1H3,(H,21,22). The van der Waals surface area contributed by atoms with Gasteiger partial charge < -0.3 is 10.1 Å². The first-order chi connectivity index (χ1) is 11.8. The number of carbonyl (C=O) groups is 2. The Morgan fingerprint density at radius 2 is 1.88 bits per heavy atom. The molecular weight excluding hydrogens is 379 g/mol. The second-order valence-electron chi connectivity index (χ2n) is 4.69. The van der Waals surface area contributed by atoms with Crippen LogP contribution in [0.4, 0.5) is 18.9 Å². The van der Waals surface area contributed by atoms with Gasteiger partial charge in [0.25, 0.3) is 5.91 Å². The van der Waals surface area contributed by atoms with E-state index in [-0.39, 0.29) is 10.6 Å². The summed E-state index contributed by atoms with van der Waals surface area (Å²) in [5, 5.41) is 2.14. The molecule has 0 atom stereocenters. The van der Waals surface area contributed by atoms with Gasteiger partial charge in [0.2, 0.25) is 0 Å². The molecule has 0 heterocycles. The smallest absolute Gasteiger partial charge is 0.340 e. The molecule has 0 radical (unpaired) electrons. The Labute approximate surface area is 150 Å². The third-order valence-electron chi connectivity index (χ3n) is 3.04. The van der Waals surface area contributed by atoms with Crippen LogP contribution in [-0.2, 0) is 9.53 Å². The van der Waals surface area contributed by atoms with Crippen LogP contribution in [0.15, 0.2) is 35.2 Å². The highest BCUT2D eigenvalue weighted by atomic mass is 35.5. The molecule has 1 N–H and O–H groups in total. The lowest BCUT2D eigenvalue weighted by Crippen LogP contribution is -2.22. The van der Waals surface area contributed by atoms with Crippen LogP contribution in [-0.4, -0.2) is 24.7 Å². The lowest BCUT2D eigenvalue weighted by molar-refractivity contribution is -0.119. The van der Waals surface area contributed by atoms with Crippen molar-refractivity contribution >= 4 is 40.9 Å². The van der Waals surface area contributed by atoms with Gasteiger partial charge in [-0.15, -0.1) is 11.8 Å². The normalized spacial score (nSPS) is 10.4. The number of benzene rings is 2. The summed E-state index contributed by atoms with van der Waals surface area (Å²) < 4.78 is 44.2. The van der Waals surface area contributed by atoms with Gasteiger partial charge in [-0.3, -0.25) is 4.79 Å². The second kappa shape index (κ2) is 8.26. The topological polar surface area (TPSA) is 55.4 Å². The molecule has 0 saturated heterocycles. The molecule has 0 aliphatic carbocycles. The third kappa shape index (κ3) is 4.67. The number of anilines is 1. The molecule has 0 bridgehead atoms. The van der Waals surface area contributed by atoms with Crippen molar-refractivity contribution in [3.05, 3.63) is 58.4 Å². The first kappa shape index (κ1) is 19.1. The van der Waals surface area contributed by atoms with E-state index < -0.39 is 41.6 Å². The molecule has 9 heteroatoms. The van der Waals surface area contributed by atoms with E-state index in [1.807, 2.05) is 11.6 Å². The minimum absolute atomic E-state index is 0.0697. The average molecular weight is 390 g/mol. The monoisotopic (exact) mass is 389 g/mol. The van der Waals surface area contributed by atoms with Crippen LogP contribution >= 0.6 is 23.4 Å². The summed E-state index contributed by atoms with van der Waals surface area (Å²) >= 11 is 7.29. The van der Waals surface area contributed by atoms with Gasteiger partial charge in [-0.2, -0.15) is 0 Å². The first-order valence-electron chi connectivity index (χ1n) is 6.77. The number of nitrogens with one attached hydrogen (secondary N) is 1. The molecule has 132 valence electrons. The third-order valence-corrected chi connectivity index (χ3v) is 4.09. The quantitative estimate of drug-likeness (QED) is 0.471. The first-order valence-corrected chi connectivity index (χ1v) is 8.37. The van der Waals surface area contributed by atoms with Crippen molar-refractivity contribution in [3.8, 4) is 0 Å². The molecule has 2 aromatic rings. The molecule has 0 saturated carbocycles. The summed E-state index contributed by atoms with van der Waals surface area (Å²) in [6.07, 6.45) is 1.81. The number of halogens is 4. The van der Waals surface area contributed by atoms with Crippen LogP contribution in [0, 0.1) is 17.5 Å². The van der Waals surface area contributed by atoms with Gasteiger partial charge in [0, 0.05) is 4.90 Å².